The summed E-state index contributed by atoms with van der Waals surface area (Å²) < 4.78 is 50.1. The molecule has 0 aromatic heterocycles. The van der Waals surface area contributed by atoms with Crippen LogP contribution in [-0.2, 0) is 4.79 Å². The van der Waals surface area contributed by atoms with Crippen LogP contribution in [0.3, 0.4) is 0 Å². The summed E-state index contributed by atoms with van der Waals surface area (Å²) in [5, 5.41) is 2.15. The van der Waals surface area contributed by atoms with Crippen LogP contribution in [0.15, 0.2) is 36.4 Å². The number of rotatable bonds is 5. The van der Waals surface area contributed by atoms with E-state index in [4.69, 9.17) is 9.47 Å². The molecule has 2 aromatic rings. The van der Waals surface area contributed by atoms with E-state index in [1.165, 1.54) is 14.0 Å². The van der Waals surface area contributed by atoms with Gasteiger partial charge in [0.1, 0.15) is 0 Å². The Morgan fingerprint density at radius 3 is 2.35 bits per heavy atom. The van der Waals surface area contributed by atoms with Crippen molar-refractivity contribution in [2.24, 2.45) is 0 Å². The zero-order chi connectivity index (χ0) is 17.0. The first kappa shape index (κ1) is 16.7. The number of halogens is 3. The summed E-state index contributed by atoms with van der Waals surface area (Å²) in [6.07, 6.45) is -1.01. The van der Waals surface area contributed by atoms with Crippen molar-refractivity contribution in [3.05, 3.63) is 53.8 Å². The van der Waals surface area contributed by atoms with Gasteiger partial charge >= 0.3 is 0 Å². The molecule has 122 valence electrons. The molecule has 7 heteroatoms. The molecule has 0 fully saturated rings. The first-order chi connectivity index (χ1) is 10.9. The maximum Gasteiger partial charge on any atom is 0.265 e. The fourth-order valence-electron chi connectivity index (χ4n) is 1.82. The van der Waals surface area contributed by atoms with E-state index < -0.39 is 35.2 Å². The second kappa shape index (κ2) is 7.04. The minimum absolute atomic E-state index is 0.323. The molecule has 23 heavy (non-hydrogen) atoms. The Kier molecular flexibility index (Phi) is 5.10. The van der Waals surface area contributed by atoms with Crippen molar-refractivity contribution in [3.63, 3.8) is 0 Å². The van der Waals surface area contributed by atoms with E-state index in [0.29, 0.717) is 11.5 Å². The summed E-state index contributed by atoms with van der Waals surface area (Å²) in [5.41, 5.74) is -0.468. The van der Waals surface area contributed by atoms with E-state index in [0.717, 1.165) is 12.1 Å². The molecule has 0 bridgehead atoms. The smallest absolute Gasteiger partial charge is 0.265 e. The Morgan fingerprint density at radius 2 is 1.70 bits per heavy atom. The van der Waals surface area contributed by atoms with Crippen LogP contribution in [0.5, 0.6) is 11.5 Å². The quantitative estimate of drug-likeness (QED) is 0.856. The second-order valence-corrected chi connectivity index (χ2v) is 4.62. The lowest BCUT2D eigenvalue weighted by atomic mass is 10.2. The second-order valence-electron chi connectivity index (χ2n) is 4.62. The van der Waals surface area contributed by atoms with Crippen molar-refractivity contribution in [1.29, 1.82) is 0 Å². The maximum absolute atomic E-state index is 13.5. The van der Waals surface area contributed by atoms with Gasteiger partial charge in [-0.1, -0.05) is 12.1 Å². The minimum atomic E-state index is -1.65. The molecular weight excluding hydrogens is 311 g/mol. The number of carbonyl (C=O) groups is 1. The van der Waals surface area contributed by atoms with E-state index >= 15 is 0 Å². The fourth-order valence-corrected chi connectivity index (χ4v) is 1.82. The summed E-state index contributed by atoms with van der Waals surface area (Å²) in [6.45, 7) is 1.43. The van der Waals surface area contributed by atoms with Crippen LogP contribution in [0.4, 0.5) is 18.9 Å². The lowest BCUT2D eigenvalue weighted by molar-refractivity contribution is -0.122. The summed E-state index contributed by atoms with van der Waals surface area (Å²) in [4.78, 5) is 12.0. The molecule has 0 aliphatic rings. The number of benzene rings is 2. The van der Waals surface area contributed by atoms with Gasteiger partial charge in [0.05, 0.1) is 12.8 Å². The van der Waals surface area contributed by atoms with Gasteiger partial charge in [-0.3, -0.25) is 4.79 Å². The molecule has 0 radical (unpaired) electrons. The van der Waals surface area contributed by atoms with Crippen molar-refractivity contribution < 1.29 is 27.4 Å². The van der Waals surface area contributed by atoms with Crippen molar-refractivity contribution in [3.8, 4) is 11.5 Å². The number of hydrogen-bond acceptors (Lipinski definition) is 3. The van der Waals surface area contributed by atoms with Crippen molar-refractivity contribution >= 4 is 11.6 Å². The van der Waals surface area contributed by atoms with Crippen LogP contribution in [0.25, 0.3) is 0 Å². The third-order valence-electron chi connectivity index (χ3n) is 3.04. The van der Waals surface area contributed by atoms with E-state index in [1.807, 2.05) is 0 Å². The normalized spacial score (nSPS) is 11.7. The van der Waals surface area contributed by atoms with Crippen molar-refractivity contribution in [2.45, 2.75) is 13.0 Å². The first-order valence-electron chi connectivity index (χ1n) is 6.68. The molecule has 1 atom stereocenters. The lowest BCUT2D eigenvalue weighted by Crippen LogP contribution is -2.30. The molecular formula is C16H14F3NO3. The largest absolute Gasteiger partial charge is 0.493 e. The van der Waals surface area contributed by atoms with E-state index in [2.05, 4.69) is 5.32 Å². The highest BCUT2D eigenvalue weighted by atomic mass is 19.2. The summed E-state index contributed by atoms with van der Waals surface area (Å²) >= 11 is 0. The highest BCUT2D eigenvalue weighted by Crippen LogP contribution is 2.27. The zero-order valence-corrected chi connectivity index (χ0v) is 12.4. The third-order valence-corrected chi connectivity index (χ3v) is 3.04. The van der Waals surface area contributed by atoms with Crippen LogP contribution in [0, 0.1) is 17.5 Å². The minimum Gasteiger partial charge on any atom is -0.493 e. The van der Waals surface area contributed by atoms with Crippen molar-refractivity contribution in [2.75, 3.05) is 12.4 Å². The SMILES string of the molecule is COc1ccccc1O[C@H](C)C(=O)Nc1ccc(F)c(F)c1F. The number of methoxy groups -OCH3 is 1. The third kappa shape index (κ3) is 3.74. The molecule has 4 nitrogen and oxygen atoms in total. The van der Waals surface area contributed by atoms with E-state index in [1.54, 1.807) is 24.3 Å². The van der Waals surface area contributed by atoms with Gasteiger partial charge in [-0.2, -0.15) is 0 Å². The number of carbonyl (C=O) groups excluding carboxylic acids is 1. The predicted molar refractivity (Wildman–Crippen MR) is 78.0 cm³/mol. The Bertz CT molecular complexity index is 722. The number of amides is 1. The van der Waals surface area contributed by atoms with Crippen LogP contribution in [0.1, 0.15) is 6.92 Å². The summed E-state index contributed by atoms with van der Waals surface area (Å²) in [6, 6.07) is 8.32. The first-order valence-corrected chi connectivity index (χ1v) is 6.68. The van der Waals surface area contributed by atoms with Gasteiger partial charge in [-0.05, 0) is 31.2 Å². The van der Waals surface area contributed by atoms with Gasteiger partial charge in [0.2, 0.25) is 0 Å². The molecule has 0 aliphatic heterocycles. The standard InChI is InChI=1S/C16H14F3NO3/c1-9(23-13-6-4-3-5-12(13)22-2)16(21)20-11-8-7-10(17)14(18)15(11)19/h3-9H,1-2H3,(H,20,21)/t9-/m1/s1. The molecule has 2 aromatic carbocycles. The van der Waals surface area contributed by atoms with Crippen LogP contribution in [-0.4, -0.2) is 19.1 Å². The van der Waals surface area contributed by atoms with Crippen LogP contribution >= 0.6 is 0 Å². The molecule has 0 saturated heterocycles. The van der Waals surface area contributed by atoms with E-state index in [-0.39, 0.29) is 0 Å². The van der Waals surface area contributed by atoms with Gasteiger partial charge in [0.15, 0.2) is 35.1 Å². The van der Waals surface area contributed by atoms with Gasteiger partial charge in [0, 0.05) is 0 Å². The van der Waals surface area contributed by atoms with Crippen LogP contribution < -0.4 is 14.8 Å². The molecule has 0 unspecified atom stereocenters. The average molecular weight is 325 g/mol. The average Bonchev–Trinajstić information content (AvgIpc) is 2.55. The predicted octanol–water partition coefficient (Wildman–Crippen LogP) is 3.52. The molecule has 1 amide bonds. The topological polar surface area (TPSA) is 47.6 Å². The van der Waals surface area contributed by atoms with Crippen LogP contribution in [0.2, 0.25) is 0 Å². The Hall–Kier alpha value is -2.70. The summed E-state index contributed by atoms with van der Waals surface area (Å²) in [7, 11) is 1.45. The van der Waals surface area contributed by atoms with Gasteiger partial charge in [-0.15, -0.1) is 0 Å². The Balaban J connectivity index is 2.10. The van der Waals surface area contributed by atoms with Crippen molar-refractivity contribution in [1.82, 2.24) is 0 Å². The Labute approximate surface area is 130 Å². The fraction of sp³-hybridized carbons (Fsp3) is 0.188. The zero-order valence-electron chi connectivity index (χ0n) is 12.4. The Morgan fingerprint density at radius 1 is 1.04 bits per heavy atom. The number of para-hydroxylation sites is 2. The monoisotopic (exact) mass is 325 g/mol. The highest BCUT2D eigenvalue weighted by Gasteiger charge is 2.20. The van der Waals surface area contributed by atoms with E-state index in [9.17, 15) is 18.0 Å². The number of ether oxygens (including phenoxy) is 2. The molecule has 2 rings (SSSR count). The number of anilines is 1. The maximum atomic E-state index is 13.5. The lowest BCUT2D eigenvalue weighted by Gasteiger charge is -2.17. The molecule has 0 saturated carbocycles. The number of hydrogen-bond donors (Lipinski definition) is 1. The molecule has 0 heterocycles. The summed E-state index contributed by atoms with van der Waals surface area (Å²) in [5.74, 6) is -4.43. The van der Waals surface area contributed by atoms with Gasteiger partial charge in [0.25, 0.3) is 5.91 Å². The van der Waals surface area contributed by atoms with Gasteiger partial charge in [-0.25, -0.2) is 13.2 Å². The molecule has 0 aliphatic carbocycles. The number of nitrogens with one attached hydrogen (secondary N) is 1. The molecule has 0 spiro atoms. The molecule has 1 N–H and O–H groups in total. The van der Waals surface area contributed by atoms with Gasteiger partial charge < -0.3 is 14.8 Å². The highest BCUT2D eigenvalue weighted by molar-refractivity contribution is 5.94.